The van der Waals surface area contributed by atoms with Crippen molar-refractivity contribution in [1.82, 2.24) is 0 Å². The van der Waals surface area contributed by atoms with Crippen molar-refractivity contribution in [2.45, 2.75) is 20.3 Å². The molecule has 0 unspecified atom stereocenters. The number of benzene rings is 1. The van der Waals surface area contributed by atoms with Crippen LogP contribution in [0.25, 0.3) is 0 Å². The molecule has 0 saturated heterocycles. The number of rotatable bonds is 4. The third-order valence-corrected chi connectivity index (χ3v) is 2.71. The average molecular weight is 267 g/mol. The Labute approximate surface area is 99.6 Å². The van der Waals surface area contributed by atoms with Gasteiger partial charge >= 0.3 is 0 Å². The molecule has 0 aliphatic rings. The van der Waals surface area contributed by atoms with Gasteiger partial charge in [-0.1, -0.05) is 22.9 Å². The molecule has 2 nitrogen and oxygen atoms in total. The second-order valence-corrected chi connectivity index (χ2v) is 4.31. The molecule has 1 aromatic rings. The van der Waals surface area contributed by atoms with E-state index in [0.29, 0.717) is 5.56 Å². The number of hydrogen-bond donors (Lipinski definition) is 0. The van der Waals surface area contributed by atoms with Crippen LogP contribution >= 0.6 is 15.9 Å². The molecule has 0 aliphatic carbocycles. The summed E-state index contributed by atoms with van der Waals surface area (Å²) in [5, 5.41) is 8.88. The van der Waals surface area contributed by atoms with Gasteiger partial charge in [0.1, 0.15) is 0 Å². The zero-order chi connectivity index (χ0) is 11.3. The van der Waals surface area contributed by atoms with Crippen LogP contribution in [-0.4, -0.2) is 13.1 Å². The molecular weight excluding hydrogens is 252 g/mol. The van der Waals surface area contributed by atoms with E-state index in [-0.39, 0.29) is 0 Å². The fourth-order valence-electron chi connectivity index (χ4n) is 1.56. The van der Waals surface area contributed by atoms with Crippen molar-refractivity contribution < 1.29 is 0 Å². The summed E-state index contributed by atoms with van der Waals surface area (Å²) in [6.45, 7) is 6.28. The van der Waals surface area contributed by atoms with Crippen LogP contribution in [0.4, 0.5) is 5.69 Å². The molecule has 0 spiro atoms. The van der Waals surface area contributed by atoms with Crippen LogP contribution in [0.15, 0.2) is 22.7 Å². The summed E-state index contributed by atoms with van der Waals surface area (Å²) in [7, 11) is 0. The summed E-state index contributed by atoms with van der Waals surface area (Å²) < 4.78 is 0.964. The molecule has 15 heavy (non-hydrogen) atoms. The Bertz CT molecular complexity index is 368. The minimum absolute atomic E-state index is 0.703. The summed E-state index contributed by atoms with van der Waals surface area (Å²) in [6.07, 6.45) is 1.11. The predicted molar refractivity (Wildman–Crippen MR) is 67.0 cm³/mol. The number of hydrogen-bond acceptors (Lipinski definition) is 2. The van der Waals surface area contributed by atoms with Crippen molar-refractivity contribution in [3.05, 3.63) is 28.2 Å². The Morgan fingerprint density at radius 1 is 1.33 bits per heavy atom. The molecule has 0 amide bonds. The van der Waals surface area contributed by atoms with Gasteiger partial charge in [-0.15, -0.1) is 0 Å². The molecule has 0 bridgehead atoms. The smallest absolute Gasteiger partial charge is 0.0992 e. The standard InChI is InChI=1S/C12H15BrN2/c1-3-5-15(4-2)12-7-10(9-14)6-11(13)8-12/h6-8H,3-5H2,1-2H3. The van der Waals surface area contributed by atoms with Crippen LogP contribution in [0.1, 0.15) is 25.8 Å². The first-order valence-corrected chi connectivity index (χ1v) is 5.96. The van der Waals surface area contributed by atoms with Gasteiger partial charge in [0, 0.05) is 23.2 Å². The highest BCUT2D eigenvalue weighted by molar-refractivity contribution is 9.10. The quantitative estimate of drug-likeness (QED) is 0.834. The van der Waals surface area contributed by atoms with Crippen molar-refractivity contribution in [3.8, 4) is 6.07 Å². The van der Waals surface area contributed by atoms with E-state index in [0.717, 1.165) is 29.7 Å². The lowest BCUT2D eigenvalue weighted by Gasteiger charge is -2.22. The molecule has 3 heteroatoms. The van der Waals surface area contributed by atoms with Gasteiger partial charge < -0.3 is 4.90 Å². The summed E-state index contributed by atoms with van der Waals surface area (Å²) in [6, 6.07) is 8.00. The highest BCUT2D eigenvalue weighted by Crippen LogP contribution is 2.22. The summed E-state index contributed by atoms with van der Waals surface area (Å²) in [5.41, 5.74) is 1.82. The number of halogens is 1. The maximum atomic E-state index is 8.88. The molecular formula is C12H15BrN2. The Balaban J connectivity index is 3.02. The number of nitriles is 1. The van der Waals surface area contributed by atoms with E-state index in [1.807, 2.05) is 12.1 Å². The molecule has 0 radical (unpaired) electrons. The second-order valence-electron chi connectivity index (χ2n) is 3.39. The van der Waals surface area contributed by atoms with Gasteiger partial charge in [-0.25, -0.2) is 0 Å². The number of anilines is 1. The largest absolute Gasteiger partial charge is 0.372 e. The number of nitrogens with zero attached hydrogens (tertiary/aromatic N) is 2. The SMILES string of the molecule is CCCN(CC)c1cc(Br)cc(C#N)c1. The van der Waals surface area contributed by atoms with E-state index >= 15 is 0 Å². The Morgan fingerprint density at radius 3 is 2.60 bits per heavy atom. The molecule has 0 N–H and O–H groups in total. The van der Waals surface area contributed by atoms with Gasteiger partial charge in [0.15, 0.2) is 0 Å². The minimum atomic E-state index is 0.703. The molecule has 0 aromatic heterocycles. The van der Waals surface area contributed by atoms with E-state index in [9.17, 15) is 0 Å². The topological polar surface area (TPSA) is 27.0 Å². The third kappa shape index (κ3) is 3.24. The van der Waals surface area contributed by atoms with Crippen molar-refractivity contribution in [1.29, 1.82) is 5.26 Å². The zero-order valence-corrected chi connectivity index (χ0v) is 10.7. The van der Waals surface area contributed by atoms with Crippen molar-refractivity contribution in [3.63, 3.8) is 0 Å². The summed E-state index contributed by atoms with van der Waals surface area (Å²) in [4.78, 5) is 2.27. The monoisotopic (exact) mass is 266 g/mol. The zero-order valence-electron chi connectivity index (χ0n) is 9.13. The Kier molecular flexibility index (Phi) is 4.64. The lowest BCUT2D eigenvalue weighted by atomic mass is 10.2. The average Bonchev–Trinajstić information content (AvgIpc) is 2.24. The van der Waals surface area contributed by atoms with Crippen molar-refractivity contribution >= 4 is 21.6 Å². The lowest BCUT2D eigenvalue weighted by molar-refractivity contribution is 0.791. The van der Waals surface area contributed by atoms with Crippen LogP contribution in [0.2, 0.25) is 0 Å². The van der Waals surface area contributed by atoms with E-state index < -0.39 is 0 Å². The van der Waals surface area contributed by atoms with Crippen LogP contribution in [0.5, 0.6) is 0 Å². The van der Waals surface area contributed by atoms with E-state index in [1.54, 1.807) is 0 Å². The first-order chi connectivity index (χ1) is 7.21. The Morgan fingerprint density at radius 2 is 2.07 bits per heavy atom. The van der Waals surface area contributed by atoms with E-state index in [4.69, 9.17) is 5.26 Å². The molecule has 0 atom stereocenters. The maximum Gasteiger partial charge on any atom is 0.0992 e. The minimum Gasteiger partial charge on any atom is -0.372 e. The van der Waals surface area contributed by atoms with Crippen molar-refractivity contribution in [2.75, 3.05) is 18.0 Å². The van der Waals surface area contributed by atoms with Gasteiger partial charge in [-0.05, 0) is 31.5 Å². The molecule has 0 aliphatic heterocycles. The van der Waals surface area contributed by atoms with Crippen LogP contribution in [-0.2, 0) is 0 Å². The molecule has 1 rings (SSSR count). The molecule has 1 aromatic carbocycles. The van der Waals surface area contributed by atoms with Gasteiger partial charge in [-0.2, -0.15) is 5.26 Å². The van der Waals surface area contributed by atoms with Gasteiger partial charge in [0.05, 0.1) is 11.6 Å². The fraction of sp³-hybridized carbons (Fsp3) is 0.417. The molecule has 80 valence electrons. The van der Waals surface area contributed by atoms with Crippen LogP contribution < -0.4 is 4.90 Å². The second kappa shape index (κ2) is 5.77. The summed E-state index contributed by atoms with van der Waals surface area (Å²) >= 11 is 3.42. The predicted octanol–water partition coefficient (Wildman–Crippen LogP) is 3.56. The maximum absolute atomic E-state index is 8.88. The summed E-state index contributed by atoms with van der Waals surface area (Å²) in [5.74, 6) is 0. The molecule has 0 heterocycles. The highest BCUT2D eigenvalue weighted by Gasteiger charge is 2.05. The van der Waals surface area contributed by atoms with Gasteiger partial charge in [0.2, 0.25) is 0 Å². The van der Waals surface area contributed by atoms with E-state index in [2.05, 4.69) is 46.8 Å². The van der Waals surface area contributed by atoms with E-state index in [1.165, 1.54) is 0 Å². The lowest BCUT2D eigenvalue weighted by Crippen LogP contribution is -2.23. The highest BCUT2D eigenvalue weighted by atomic mass is 79.9. The first kappa shape index (κ1) is 12.1. The van der Waals surface area contributed by atoms with Crippen molar-refractivity contribution in [2.24, 2.45) is 0 Å². The van der Waals surface area contributed by atoms with Gasteiger partial charge in [-0.3, -0.25) is 0 Å². The van der Waals surface area contributed by atoms with Gasteiger partial charge in [0.25, 0.3) is 0 Å². The first-order valence-electron chi connectivity index (χ1n) is 5.16. The molecule has 0 saturated carbocycles. The Hall–Kier alpha value is -1.01. The normalized spacial score (nSPS) is 9.73. The fourth-order valence-corrected chi connectivity index (χ4v) is 2.04. The molecule has 0 fully saturated rings. The van der Waals surface area contributed by atoms with Crippen LogP contribution in [0, 0.1) is 11.3 Å². The van der Waals surface area contributed by atoms with Crippen LogP contribution in [0.3, 0.4) is 0 Å². The third-order valence-electron chi connectivity index (χ3n) is 2.25.